The molecular weight excluding hydrogens is 585 g/mol. The third kappa shape index (κ3) is 6.32. The van der Waals surface area contributed by atoms with E-state index in [-0.39, 0.29) is 11.2 Å². The average Bonchev–Trinajstić information content (AvgIpc) is 3.45. The molecule has 3 aliphatic heterocycles. The average molecular weight is 634 g/mol. The largest absolute Gasteiger partial charge is 0.494 e. The van der Waals surface area contributed by atoms with E-state index in [4.69, 9.17) is 27.9 Å². The summed E-state index contributed by atoms with van der Waals surface area (Å²) < 4.78 is 37.9. The highest BCUT2D eigenvalue weighted by atomic mass is 16.7. The van der Waals surface area contributed by atoms with Crippen molar-refractivity contribution in [3.05, 3.63) is 89.5 Å². The zero-order valence-corrected chi connectivity index (χ0v) is 30.2. The zero-order valence-electron chi connectivity index (χ0n) is 30.2. The van der Waals surface area contributed by atoms with Gasteiger partial charge in [0.15, 0.2) is 0 Å². The van der Waals surface area contributed by atoms with Crippen LogP contribution in [0.4, 0.5) is 0 Å². The van der Waals surface area contributed by atoms with Crippen LogP contribution in [0.1, 0.15) is 99.8 Å². The minimum absolute atomic E-state index is 0.387. The summed E-state index contributed by atoms with van der Waals surface area (Å²) in [5.41, 5.74) is 4.97. The minimum Gasteiger partial charge on any atom is -0.399 e. The van der Waals surface area contributed by atoms with Crippen molar-refractivity contribution < 1.29 is 27.9 Å². The predicted octanol–water partition coefficient (Wildman–Crippen LogP) is 6.17. The molecule has 0 unspecified atom stereocenters. The third-order valence-corrected chi connectivity index (χ3v) is 11.3. The molecule has 3 aromatic rings. The minimum atomic E-state index is -0.414. The summed E-state index contributed by atoms with van der Waals surface area (Å²) in [5.74, 6) is 0. The van der Waals surface area contributed by atoms with Crippen LogP contribution in [-0.2, 0) is 27.9 Å². The Kier molecular flexibility index (Phi) is 8.35. The maximum Gasteiger partial charge on any atom is 0.494 e. The van der Waals surface area contributed by atoms with Gasteiger partial charge in [0.1, 0.15) is 0 Å². The van der Waals surface area contributed by atoms with Gasteiger partial charge in [0.25, 0.3) is 0 Å². The van der Waals surface area contributed by atoms with Gasteiger partial charge in [-0.2, -0.15) is 0 Å². The molecule has 6 nitrogen and oxygen atoms in total. The fourth-order valence-corrected chi connectivity index (χ4v) is 5.83. The van der Waals surface area contributed by atoms with Crippen LogP contribution in [0, 0.1) is 0 Å². The van der Waals surface area contributed by atoms with Crippen LogP contribution in [0.3, 0.4) is 0 Å². The second-order valence-corrected chi connectivity index (χ2v) is 16.2. The second-order valence-electron chi connectivity index (χ2n) is 16.2. The highest BCUT2D eigenvalue weighted by Gasteiger charge is 2.53. The summed E-state index contributed by atoms with van der Waals surface area (Å²) in [4.78, 5) is 0. The monoisotopic (exact) mass is 634 g/mol. The summed E-state index contributed by atoms with van der Waals surface area (Å²) in [7, 11) is -1.23. The van der Waals surface area contributed by atoms with Gasteiger partial charge in [0, 0.05) is 0 Å². The fourth-order valence-electron chi connectivity index (χ4n) is 5.83. The van der Waals surface area contributed by atoms with Crippen molar-refractivity contribution in [3.8, 4) is 0 Å². The number of benzene rings is 3. The smallest absolute Gasteiger partial charge is 0.399 e. The molecule has 246 valence electrons. The first kappa shape index (κ1) is 34.2. The molecule has 0 bridgehead atoms. The lowest BCUT2D eigenvalue weighted by molar-refractivity contribution is 0.00578. The maximum atomic E-state index is 6.32. The summed E-state index contributed by atoms with van der Waals surface area (Å²) in [6.07, 6.45) is 2.22. The molecule has 3 saturated heterocycles. The van der Waals surface area contributed by atoms with Crippen molar-refractivity contribution in [2.45, 2.75) is 117 Å². The molecule has 0 N–H and O–H groups in total. The Morgan fingerprint density at radius 3 is 0.872 bits per heavy atom. The molecule has 3 heterocycles. The molecule has 0 spiro atoms. The highest BCUT2D eigenvalue weighted by molar-refractivity contribution is 6.63. The number of hydrogen-bond acceptors (Lipinski definition) is 6. The van der Waals surface area contributed by atoms with Gasteiger partial charge in [-0.25, -0.2) is 0 Å². The highest BCUT2D eigenvalue weighted by Crippen LogP contribution is 2.39. The van der Waals surface area contributed by atoms with Crippen LogP contribution < -0.4 is 16.4 Å². The van der Waals surface area contributed by atoms with Crippen LogP contribution in [0.25, 0.3) is 11.6 Å². The van der Waals surface area contributed by atoms with Crippen molar-refractivity contribution in [2.24, 2.45) is 0 Å². The molecule has 0 aromatic heterocycles. The normalized spacial score (nSPS) is 23.3. The molecule has 9 heteroatoms. The molecule has 3 aliphatic rings. The van der Waals surface area contributed by atoms with Crippen molar-refractivity contribution in [1.82, 2.24) is 0 Å². The Morgan fingerprint density at radius 1 is 0.383 bits per heavy atom. The van der Waals surface area contributed by atoms with E-state index in [1.165, 1.54) is 0 Å². The third-order valence-electron chi connectivity index (χ3n) is 11.3. The van der Waals surface area contributed by atoms with E-state index in [0.717, 1.165) is 38.7 Å². The van der Waals surface area contributed by atoms with E-state index < -0.39 is 43.8 Å². The number of rotatable bonds is 6. The van der Waals surface area contributed by atoms with E-state index in [9.17, 15) is 0 Å². The molecule has 0 aliphatic carbocycles. The van der Waals surface area contributed by atoms with Crippen molar-refractivity contribution >= 4 is 49.4 Å². The molecule has 0 saturated carbocycles. The fraction of sp³-hybridized carbons (Fsp3) is 0.474. The number of hydrogen-bond donors (Lipinski definition) is 0. The molecule has 3 aromatic carbocycles. The van der Waals surface area contributed by atoms with Gasteiger partial charge in [0.05, 0.1) is 33.6 Å². The topological polar surface area (TPSA) is 55.4 Å². The molecule has 6 rings (SSSR count). The molecule has 0 atom stereocenters. The van der Waals surface area contributed by atoms with E-state index in [1.54, 1.807) is 0 Å². The van der Waals surface area contributed by atoms with Gasteiger partial charge in [-0.3, -0.25) is 0 Å². The Morgan fingerprint density at radius 2 is 0.617 bits per heavy atom. The predicted molar refractivity (Wildman–Crippen MR) is 193 cm³/mol. The van der Waals surface area contributed by atoms with Crippen molar-refractivity contribution in [2.75, 3.05) is 0 Å². The Hall–Kier alpha value is -2.65. The van der Waals surface area contributed by atoms with E-state index in [1.807, 2.05) is 0 Å². The summed E-state index contributed by atoms with van der Waals surface area (Å²) >= 11 is 0. The zero-order chi connectivity index (χ0) is 34.2. The van der Waals surface area contributed by atoms with E-state index in [2.05, 4.69) is 162 Å². The van der Waals surface area contributed by atoms with Crippen molar-refractivity contribution in [1.29, 1.82) is 0 Å². The lowest BCUT2D eigenvalue weighted by Crippen LogP contribution is -2.41. The molecule has 0 amide bonds. The standard InChI is InChI=1S/C38H49B3O6/c1-33(2)34(3,4)43-39(42-33)29-19-13-26(14-20-29)25-32(27-15-21-30(22-16-27)40-44-35(5,6)36(7,8)45-40)28-17-23-31(24-18-28)41-46-37(9,10)38(11,12)47-41/h13-25H,1-12H3. The van der Waals surface area contributed by atoms with Crippen LogP contribution in [0.15, 0.2) is 72.8 Å². The second kappa shape index (κ2) is 11.5. The van der Waals surface area contributed by atoms with Crippen LogP contribution in [0.5, 0.6) is 0 Å². The summed E-state index contributed by atoms with van der Waals surface area (Å²) in [6, 6.07) is 25.4. The quantitative estimate of drug-likeness (QED) is 0.239. The molecular formula is C38H49B3O6. The SMILES string of the molecule is CC1(C)OB(c2ccc(C=C(c3ccc(B4OC(C)(C)C(C)(C)O4)cc3)c3ccc(B4OC(C)(C)C(C)(C)O4)cc3)cc2)OC1(C)C. The van der Waals surface area contributed by atoms with Gasteiger partial charge in [-0.1, -0.05) is 72.8 Å². The lowest BCUT2D eigenvalue weighted by atomic mass is 9.77. The van der Waals surface area contributed by atoms with Gasteiger partial charge in [-0.15, -0.1) is 0 Å². The van der Waals surface area contributed by atoms with Gasteiger partial charge in [0.2, 0.25) is 0 Å². The van der Waals surface area contributed by atoms with Crippen LogP contribution in [0.2, 0.25) is 0 Å². The van der Waals surface area contributed by atoms with E-state index >= 15 is 0 Å². The lowest BCUT2D eigenvalue weighted by Gasteiger charge is -2.32. The van der Waals surface area contributed by atoms with Gasteiger partial charge in [-0.05, 0) is 128 Å². The molecule has 0 radical (unpaired) electrons. The Labute approximate surface area is 282 Å². The Bertz CT molecular complexity index is 1510. The first-order chi connectivity index (χ1) is 21.7. The molecule has 47 heavy (non-hydrogen) atoms. The van der Waals surface area contributed by atoms with Crippen LogP contribution >= 0.6 is 0 Å². The summed E-state index contributed by atoms with van der Waals surface area (Å²) in [5, 5.41) is 0. The van der Waals surface area contributed by atoms with Gasteiger partial charge >= 0.3 is 21.4 Å². The van der Waals surface area contributed by atoms with Crippen LogP contribution in [-0.4, -0.2) is 55.0 Å². The maximum absolute atomic E-state index is 6.32. The van der Waals surface area contributed by atoms with E-state index in [0.29, 0.717) is 0 Å². The first-order valence-electron chi connectivity index (χ1n) is 16.8. The van der Waals surface area contributed by atoms with Crippen molar-refractivity contribution in [3.63, 3.8) is 0 Å². The molecule has 3 fully saturated rings. The first-order valence-corrected chi connectivity index (χ1v) is 16.8. The van der Waals surface area contributed by atoms with Gasteiger partial charge < -0.3 is 27.9 Å². The Balaban J connectivity index is 1.31. The summed E-state index contributed by atoms with van der Waals surface area (Å²) in [6.45, 7) is 24.9.